The van der Waals surface area contributed by atoms with Crippen molar-refractivity contribution in [1.29, 1.82) is 0 Å². The molecule has 0 aromatic carbocycles. The molecule has 4 nitrogen and oxygen atoms in total. The molecule has 1 heterocycles. The lowest BCUT2D eigenvalue weighted by molar-refractivity contribution is 0.229. The second-order valence-corrected chi connectivity index (χ2v) is 3.39. The first-order valence-corrected chi connectivity index (χ1v) is 4.59. The van der Waals surface area contributed by atoms with E-state index in [1.54, 1.807) is 11.6 Å². The lowest BCUT2D eigenvalue weighted by Crippen LogP contribution is -2.25. The summed E-state index contributed by atoms with van der Waals surface area (Å²) in [5.74, 6) is 0.587. The van der Waals surface area contributed by atoms with Gasteiger partial charge in [-0.05, 0) is 19.9 Å². The lowest BCUT2D eigenvalue weighted by atomic mass is 10.3. The maximum Gasteiger partial charge on any atom is 0.254 e. The summed E-state index contributed by atoms with van der Waals surface area (Å²) in [7, 11) is 1.73. The minimum atomic E-state index is -0.0680. The standard InChI is InChI=1S/C10H16N2O2/c1-7-4-9(14-8(2)6-11)5-10(13)12(7)3/h4-5,8H,6,11H2,1-3H3. The molecule has 2 N–H and O–H groups in total. The van der Waals surface area contributed by atoms with Crippen molar-refractivity contribution in [2.45, 2.75) is 20.0 Å². The van der Waals surface area contributed by atoms with Gasteiger partial charge in [0.1, 0.15) is 11.9 Å². The number of ether oxygens (including phenoxy) is 1. The first-order valence-electron chi connectivity index (χ1n) is 4.59. The second-order valence-electron chi connectivity index (χ2n) is 3.39. The minimum absolute atomic E-state index is 0.0655. The Kier molecular flexibility index (Phi) is 3.30. The minimum Gasteiger partial charge on any atom is -0.489 e. The van der Waals surface area contributed by atoms with Crippen LogP contribution in [0.3, 0.4) is 0 Å². The van der Waals surface area contributed by atoms with E-state index in [9.17, 15) is 4.79 Å². The molecule has 0 aliphatic rings. The van der Waals surface area contributed by atoms with Crippen molar-refractivity contribution in [3.63, 3.8) is 0 Å². The summed E-state index contributed by atoms with van der Waals surface area (Å²) in [6.07, 6.45) is -0.0680. The molecule has 0 bridgehead atoms. The Morgan fingerprint density at radius 1 is 1.57 bits per heavy atom. The molecule has 0 spiro atoms. The molecule has 78 valence electrons. The zero-order valence-electron chi connectivity index (χ0n) is 8.78. The number of rotatable bonds is 3. The van der Waals surface area contributed by atoms with Crippen molar-refractivity contribution >= 4 is 0 Å². The monoisotopic (exact) mass is 196 g/mol. The van der Waals surface area contributed by atoms with Crippen LogP contribution < -0.4 is 16.0 Å². The van der Waals surface area contributed by atoms with E-state index >= 15 is 0 Å². The Morgan fingerprint density at radius 2 is 2.21 bits per heavy atom. The summed E-state index contributed by atoms with van der Waals surface area (Å²) in [4.78, 5) is 11.4. The second kappa shape index (κ2) is 4.28. The van der Waals surface area contributed by atoms with Crippen molar-refractivity contribution in [2.24, 2.45) is 12.8 Å². The normalized spacial score (nSPS) is 12.6. The van der Waals surface area contributed by atoms with Gasteiger partial charge in [0, 0.05) is 25.4 Å². The van der Waals surface area contributed by atoms with E-state index < -0.39 is 0 Å². The summed E-state index contributed by atoms with van der Waals surface area (Å²) in [5.41, 5.74) is 6.22. The van der Waals surface area contributed by atoms with Crippen LogP contribution in [0, 0.1) is 6.92 Å². The van der Waals surface area contributed by atoms with Gasteiger partial charge >= 0.3 is 0 Å². The summed E-state index contributed by atoms with van der Waals surface area (Å²) >= 11 is 0. The number of hydrogen-bond donors (Lipinski definition) is 1. The molecule has 1 unspecified atom stereocenters. The molecule has 14 heavy (non-hydrogen) atoms. The third-order valence-corrected chi connectivity index (χ3v) is 2.15. The van der Waals surface area contributed by atoms with Crippen molar-refractivity contribution in [3.05, 3.63) is 28.2 Å². The van der Waals surface area contributed by atoms with Crippen LogP contribution in [0.4, 0.5) is 0 Å². The average Bonchev–Trinajstić information content (AvgIpc) is 2.14. The Balaban J connectivity index is 2.96. The zero-order valence-corrected chi connectivity index (χ0v) is 8.78. The molecule has 1 rings (SSSR count). The predicted octanol–water partition coefficient (Wildman–Crippen LogP) is 0.420. The Labute approximate surface area is 83.3 Å². The van der Waals surface area contributed by atoms with Crippen LogP contribution in [-0.2, 0) is 7.05 Å². The van der Waals surface area contributed by atoms with E-state index in [4.69, 9.17) is 10.5 Å². The largest absolute Gasteiger partial charge is 0.489 e. The third kappa shape index (κ3) is 2.35. The van der Waals surface area contributed by atoms with E-state index in [1.807, 2.05) is 19.9 Å². The fourth-order valence-electron chi connectivity index (χ4n) is 1.09. The highest BCUT2D eigenvalue weighted by Crippen LogP contribution is 2.10. The van der Waals surface area contributed by atoms with Crippen LogP contribution in [0.5, 0.6) is 5.75 Å². The molecular formula is C10H16N2O2. The molecule has 1 aromatic rings. The molecule has 0 aliphatic carbocycles. The first-order chi connectivity index (χ1) is 6.54. The summed E-state index contributed by atoms with van der Waals surface area (Å²) < 4.78 is 7.01. The van der Waals surface area contributed by atoms with Gasteiger partial charge in [0.25, 0.3) is 5.56 Å². The highest BCUT2D eigenvalue weighted by molar-refractivity contribution is 5.23. The van der Waals surface area contributed by atoms with Gasteiger partial charge in [-0.1, -0.05) is 0 Å². The first kappa shape index (κ1) is 10.8. The van der Waals surface area contributed by atoms with Crippen molar-refractivity contribution in [1.82, 2.24) is 4.57 Å². The van der Waals surface area contributed by atoms with Crippen LogP contribution in [-0.4, -0.2) is 17.2 Å². The van der Waals surface area contributed by atoms with Crippen LogP contribution in [0.2, 0.25) is 0 Å². The van der Waals surface area contributed by atoms with E-state index in [2.05, 4.69) is 0 Å². The van der Waals surface area contributed by atoms with E-state index in [1.165, 1.54) is 6.07 Å². The number of aromatic nitrogens is 1. The molecule has 0 aliphatic heterocycles. The van der Waals surface area contributed by atoms with Gasteiger partial charge in [-0.2, -0.15) is 0 Å². The van der Waals surface area contributed by atoms with Crippen LogP contribution in [0.1, 0.15) is 12.6 Å². The smallest absolute Gasteiger partial charge is 0.254 e. The fourth-order valence-corrected chi connectivity index (χ4v) is 1.09. The molecule has 1 atom stereocenters. The lowest BCUT2D eigenvalue weighted by Gasteiger charge is -2.13. The van der Waals surface area contributed by atoms with Crippen LogP contribution in [0.25, 0.3) is 0 Å². The highest BCUT2D eigenvalue weighted by atomic mass is 16.5. The van der Waals surface area contributed by atoms with Crippen molar-refractivity contribution in [2.75, 3.05) is 6.54 Å². The van der Waals surface area contributed by atoms with Crippen molar-refractivity contribution in [3.8, 4) is 5.75 Å². The van der Waals surface area contributed by atoms with Crippen LogP contribution in [0.15, 0.2) is 16.9 Å². The maximum atomic E-state index is 11.4. The zero-order chi connectivity index (χ0) is 10.7. The number of aryl methyl sites for hydroxylation is 1. The van der Waals surface area contributed by atoms with Gasteiger partial charge in [-0.15, -0.1) is 0 Å². The molecule has 1 aromatic heterocycles. The summed E-state index contributed by atoms with van der Waals surface area (Å²) in [6.45, 7) is 4.17. The summed E-state index contributed by atoms with van der Waals surface area (Å²) in [5, 5.41) is 0. The average molecular weight is 196 g/mol. The Morgan fingerprint density at radius 3 is 2.71 bits per heavy atom. The van der Waals surface area contributed by atoms with E-state index in [0.29, 0.717) is 12.3 Å². The number of nitrogens with two attached hydrogens (primary N) is 1. The quantitative estimate of drug-likeness (QED) is 0.762. The molecule has 4 heteroatoms. The maximum absolute atomic E-state index is 11.4. The van der Waals surface area contributed by atoms with Crippen molar-refractivity contribution < 1.29 is 4.74 Å². The predicted molar refractivity (Wildman–Crippen MR) is 55.6 cm³/mol. The van der Waals surface area contributed by atoms with Gasteiger partial charge < -0.3 is 15.0 Å². The van der Waals surface area contributed by atoms with E-state index in [-0.39, 0.29) is 11.7 Å². The molecule has 0 amide bonds. The topological polar surface area (TPSA) is 57.2 Å². The molecule has 0 radical (unpaired) electrons. The molecule has 0 saturated carbocycles. The SMILES string of the molecule is Cc1cc(OC(C)CN)cc(=O)n1C. The number of pyridine rings is 1. The van der Waals surface area contributed by atoms with Gasteiger partial charge in [0.05, 0.1) is 0 Å². The molecular weight excluding hydrogens is 180 g/mol. The van der Waals surface area contributed by atoms with Crippen LogP contribution >= 0.6 is 0 Å². The van der Waals surface area contributed by atoms with E-state index in [0.717, 1.165) is 5.69 Å². The molecule has 0 fully saturated rings. The van der Waals surface area contributed by atoms with Gasteiger partial charge in [-0.25, -0.2) is 0 Å². The fraction of sp³-hybridized carbons (Fsp3) is 0.500. The Hall–Kier alpha value is -1.29. The number of hydrogen-bond acceptors (Lipinski definition) is 3. The highest BCUT2D eigenvalue weighted by Gasteiger charge is 2.04. The van der Waals surface area contributed by atoms with Gasteiger partial charge in [-0.3, -0.25) is 4.79 Å². The Bertz CT molecular complexity index is 371. The van der Waals surface area contributed by atoms with Gasteiger partial charge in [0.2, 0.25) is 0 Å². The molecule has 0 saturated heterocycles. The van der Waals surface area contributed by atoms with Gasteiger partial charge in [0.15, 0.2) is 0 Å². The summed E-state index contributed by atoms with van der Waals surface area (Å²) in [6, 6.07) is 3.30. The third-order valence-electron chi connectivity index (χ3n) is 2.15. The number of nitrogens with zero attached hydrogens (tertiary/aromatic N) is 1.